The fourth-order valence-electron chi connectivity index (χ4n) is 2.60. The number of hydrogen-bond acceptors (Lipinski definition) is 2. The van der Waals surface area contributed by atoms with Crippen molar-refractivity contribution in [1.82, 2.24) is 5.32 Å². The first kappa shape index (κ1) is 13.0. The molecular formula is C13H27NO. The van der Waals surface area contributed by atoms with Crippen LogP contribution in [-0.2, 0) is 0 Å². The van der Waals surface area contributed by atoms with Gasteiger partial charge in [-0.2, -0.15) is 0 Å². The number of rotatable bonds is 4. The Labute approximate surface area is 94.5 Å². The van der Waals surface area contributed by atoms with Gasteiger partial charge >= 0.3 is 0 Å². The van der Waals surface area contributed by atoms with E-state index >= 15 is 0 Å². The number of aliphatic hydroxyl groups excluding tert-OH is 1. The van der Waals surface area contributed by atoms with E-state index in [0.29, 0.717) is 17.4 Å². The molecule has 1 unspecified atom stereocenters. The zero-order valence-electron chi connectivity index (χ0n) is 10.7. The van der Waals surface area contributed by atoms with Gasteiger partial charge in [0, 0.05) is 12.1 Å². The van der Waals surface area contributed by atoms with Crippen LogP contribution >= 0.6 is 0 Å². The zero-order chi connectivity index (χ0) is 11.5. The van der Waals surface area contributed by atoms with Crippen molar-refractivity contribution in [1.29, 1.82) is 0 Å². The molecule has 0 radical (unpaired) electrons. The second-order valence-electron chi connectivity index (χ2n) is 6.16. The van der Waals surface area contributed by atoms with Crippen molar-refractivity contribution in [3.8, 4) is 0 Å². The van der Waals surface area contributed by atoms with E-state index in [-0.39, 0.29) is 12.6 Å². The van der Waals surface area contributed by atoms with E-state index in [0.717, 1.165) is 0 Å². The van der Waals surface area contributed by atoms with Gasteiger partial charge in [-0.15, -0.1) is 0 Å². The molecule has 90 valence electrons. The second-order valence-corrected chi connectivity index (χ2v) is 6.16. The summed E-state index contributed by atoms with van der Waals surface area (Å²) in [5, 5.41) is 12.9. The molecule has 0 amide bonds. The Bertz CT molecular complexity index is 189. The Kier molecular flexibility index (Phi) is 4.60. The maximum atomic E-state index is 9.29. The van der Waals surface area contributed by atoms with Crippen molar-refractivity contribution in [2.75, 3.05) is 6.61 Å². The van der Waals surface area contributed by atoms with Crippen LogP contribution in [0.5, 0.6) is 0 Å². The van der Waals surface area contributed by atoms with Gasteiger partial charge in [-0.1, -0.05) is 34.1 Å². The molecule has 1 aliphatic rings. The predicted octanol–water partition coefficient (Wildman–Crippen LogP) is 2.56. The molecule has 0 aromatic rings. The molecule has 2 heteroatoms. The van der Waals surface area contributed by atoms with Crippen LogP contribution in [0.4, 0.5) is 0 Å². The standard InChI is InChI=1S/C13H27NO/c1-10(2)12(9-15)14-11-6-5-7-13(3,4)8-11/h10-12,14-15H,5-9H2,1-4H3/t11?,12-/m1/s1. The normalized spacial score (nSPS) is 28.0. The molecular weight excluding hydrogens is 186 g/mol. The highest BCUT2D eigenvalue weighted by molar-refractivity contribution is 4.86. The summed E-state index contributed by atoms with van der Waals surface area (Å²) in [5.74, 6) is 0.514. The summed E-state index contributed by atoms with van der Waals surface area (Å²) in [5.41, 5.74) is 0.479. The molecule has 1 aliphatic carbocycles. The maximum absolute atomic E-state index is 9.29. The first-order valence-electron chi connectivity index (χ1n) is 6.31. The average molecular weight is 213 g/mol. The average Bonchev–Trinajstić information content (AvgIpc) is 2.12. The number of hydrogen-bond donors (Lipinski definition) is 2. The van der Waals surface area contributed by atoms with Gasteiger partial charge in [0.15, 0.2) is 0 Å². The van der Waals surface area contributed by atoms with Crippen LogP contribution in [0.1, 0.15) is 53.4 Å². The van der Waals surface area contributed by atoms with Crippen molar-refractivity contribution < 1.29 is 5.11 Å². The van der Waals surface area contributed by atoms with Gasteiger partial charge in [-0.3, -0.25) is 0 Å². The molecule has 0 aliphatic heterocycles. The van der Waals surface area contributed by atoms with Crippen LogP contribution in [0.2, 0.25) is 0 Å². The van der Waals surface area contributed by atoms with Crippen LogP contribution < -0.4 is 5.32 Å². The quantitative estimate of drug-likeness (QED) is 0.752. The first-order valence-corrected chi connectivity index (χ1v) is 6.31. The molecule has 0 heterocycles. The largest absolute Gasteiger partial charge is 0.395 e. The minimum atomic E-state index is 0.259. The molecule has 0 bridgehead atoms. The molecule has 2 atom stereocenters. The SMILES string of the molecule is CC(C)[C@@H](CO)NC1CCCC(C)(C)C1. The topological polar surface area (TPSA) is 32.3 Å². The van der Waals surface area contributed by atoms with Crippen LogP contribution in [-0.4, -0.2) is 23.8 Å². The summed E-state index contributed by atoms with van der Waals surface area (Å²) in [6.45, 7) is 9.30. The minimum absolute atomic E-state index is 0.259. The molecule has 2 N–H and O–H groups in total. The van der Waals surface area contributed by atoms with Gasteiger partial charge in [-0.05, 0) is 30.6 Å². The van der Waals surface area contributed by atoms with E-state index in [1.54, 1.807) is 0 Å². The van der Waals surface area contributed by atoms with Gasteiger partial charge in [0.2, 0.25) is 0 Å². The highest BCUT2D eigenvalue weighted by atomic mass is 16.3. The van der Waals surface area contributed by atoms with E-state index in [2.05, 4.69) is 33.0 Å². The maximum Gasteiger partial charge on any atom is 0.0587 e. The predicted molar refractivity (Wildman–Crippen MR) is 64.9 cm³/mol. The molecule has 0 aromatic carbocycles. The fourth-order valence-corrected chi connectivity index (χ4v) is 2.60. The van der Waals surface area contributed by atoms with Gasteiger partial charge in [0.05, 0.1) is 6.61 Å². The van der Waals surface area contributed by atoms with Crippen molar-refractivity contribution >= 4 is 0 Å². The molecule has 2 nitrogen and oxygen atoms in total. The lowest BCUT2D eigenvalue weighted by Gasteiger charge is -2.38. The molecule has 1 rings (SSSR count). The third-order valence-corrected chi connectivity index (χ3v) is 3.66. The van der Waals surface area contributed by atoms with Crippen LogP contribution in [0, 0.1) is 11.3 Å². The van der Waals surface area contributed by atoms with E-state index < -0.39 is 0 Å². The Hall–Kier alpha value is -0.0800. The van der Waals surface area contributed by atoms with Gasteiger partial charge in [0.1, 0.15) is 0 Å². The molecule has 0 spiro atoms. The van der Waals surface area contributed by atoms with Crippen molar-refractivity contribution in [3.05, 3.63) is 0 Å². The van der Waals surface area contributed by atoms with E-state index in [1.807, 2.05) is 0 Å². The zero-order valence-corrected chi connectivity index (χ0v) is 10.7. The van der Waals surface area contributed by atoms with Crippen LogP contribution in [0.3, 0.4) is 0 Å². The Morgan fingerprint density at radius 1 is 1.40 bits per heavy atom. The summed E-state index contributed by atoms with van der Waals surface area (Å²) in [6.07, 6.45) is 5.18. The summed E-state index contributed by atoms with van der Waals surface area (Å²) in [7, 11) is 0. The monoisotopic (exact) mass is 213 g/mol. The Morgan fingerprint density at radius 3 is 2.53 bits per heavy atom. The van der Waals surface area contributed by atoms with Crippen molar-refractivity contribution in [2.45, 2.75) is 65.5 Å². The Balaban J connectivity index is 2.43. The Morgan fingerprint density at radius 2 is 2.07 bits per heavy atom. The summed E-state index contributed by atoms with van der Waals surface area (Å²) in [6, 6.07) is 0.872. The van der Waals surface area contributed by atoms with Crippen LogP contribution in [0.15, 0.2) is 0 Å². The lowest BCUT2D eigenvalue weighted by molar-refractivity contribution is 0.149. The molecule has 0 saturated heterocycles. The lowest BCUT2D eigenvalue weighted by atomic mass is 9.75. The number of nitrogens with one attached hydrogen (secondary N) is 1. The summed E-state index contributed by atoms with van der Waals surface area (Å²) < 4.78 is 0. The lowest BCUT2D eigenvalue weighted by Crippen LogP contribution is -2.46. The molecule has 0 aromatic heterocycles. The summed E-state index contributed by atoms with van der Waals surface area (Å²) >= 11 is 0. The first-order chi connectivity index (χ1) is 6.94. The van der Waals surface area contributed by atoms with Crippen LogP contribution in [0.25, 0.3) is 0 Å². The molecule has 1 fully saturated rings. The highest BCUT2D eigenvalue weighted by Gasteiger charge is 2.29. The smallest absolute Gasteiger partial charge is 0.0587 e. The van der Waals surface area contributed by atoms with Gasteiger partial charge in [-0.25, -0.2) is 0 Å². The van der Waals surface area contributed by atoms with Crippen molar-refractivity contribution in [2.24, 2.45) is 11.3 Å². The molecule has 15 heavy (non-hydrogen) atoms. The third-order valence-electron chi connectivity index (χ3n) is 3.66. The second kappa shape index (κ2) is 5.31. The van der Waals surface area contributed by atoms with E-state index in [4.69, 9.17) is 0 Å². The number of aliphatic hydroxyl groups is 1. The molecule has 1 saturated carbocycles. The van der Waals surface area contributed by atoms with Gasteiger partial charge < -0.3 is 10.4 Å². The van der Waals surface area contributed by atoms with E-state index in [9.17, 15) is 5.11 Å². The third kappa shape index (κ3) is 4.12. The van der Waals surface area contributed by atoms with Crippen molar-refractivity contribution in [3.63, 3.8) is 0 Å². The fraction of sp³-hybridized carbons (Fsp3) is 1.00. The summed E-state index contributed by atoms with van der Waals surface area (Å²) in [4.78, 5) is 0. The van der Waals surface area contributed by atoms with Gasteiger partial charge in [0.25, 0.3) is 0 Å². The van der Waals surface area contributed by atoms with E-state index in [1.165, 1.54) is 25.7 Å². The highest BCUT2D eigenvalue weighted by Crippen LogP contribution is 2.35. The minimum Gasteiger partial charge on any atom is -0.395 e.